The molecule has 188 valence electrons. The lowest BCUT2D eigenvalue weighted by molar-refractivity contribution is 0.262. The van der Waals surface area contributed by atoms with Crippen LogP contribution in [0, 0.1) is 6.92 Å². The quantitative estimate of drug-likeness (QED) is 0.279. The zero-order chi connectivity index (χ0) is 24.0. The smallest absolute Gasteiger partial charge is 0.238 e. The van der Waals surface area contributed by atoms with Crippen molar-refractivity contribution in [2.45, 2.75) is 26.2 Å². The van der Waals surface area contributed by atoms with Gasteiger partial charge in [0.05, 0.1) is 36.4 Å². The molecule has 0 atom stereocenters. The molecule has 1 fully saturated rings. The first-order chi connectivity index (χ1) is 17.1. The summed E-state index contributed by atoms with van der Waals surface area (Å²) in [5.41, 5.74) is 1.59. The number of rotatable bonds is 9. The van der Waals surface area contributed by atoms with Gasteiger partial charge in [0.15, 0.2) is 0 Å². The number of hydrogen-bond acceptors (Lipinski definition) is 9. The van der Waals surface area contributed by atoms with E-state index in [9.17, 15) is 0 Å². The van der Waals surface area contributed by atoms with E-state index >= 15 is 0 Å². The first kappa shape index (κ1) is 25.8. The Hall–Kier alpha value is -3.27. The zero-order valence-corrected chi connectivity index (χ0v) is 21.4. The number of likely N-dealkylation sites (tertiary alicyclic amines) is 1. The molecule has 0 spiro atoms. The molecule has 4 heterocycles. The molecule has 0 unspecified atom stereocenters. The van der Waals surface area contributed by atoms with Crippen LogP contribution in [-0.2, 0) is 0 Å². The van der Waals surface area contributed by atoms with Crippen molar-refractivity contribution in [2.24, 2.45) is 0 Å². The number of nitrogens with zero attached hydrogens (tertiary/aromatic N) is 6. The van der Waals surface area contributed by atoms with Crippen LogP contribution in [0.2, 0.25) is 5.02 Å². The summed E-state index contributed by atoms with van der Waals surface area (Å²) < 4.78 is 11.8. The fourth-order valence-electron chi connectivity index (χ4n) is 3.94. The molecule has 1 aliphatic heterocycles. The normalized spacial score (nSPS) is 13.4. The van der Waals surface area contributed by atoms with Gasteiger partial charge in [-0.05, 0) is 57.5 Å². The largest absolute Gasteiger partial charge is 0.492 e. The topological polar surface area (TPSA) is 98.2 Å². The molecule has 36 heavy (non-hydrogen) atoms. The number of aromatic nitrogens is 5. The number of halogens is 2. The van der Waals surface area contributed by atoms with Gasteiger partial charge in [0.25, 0.3) is 0 Å². The number of pyridine rings is 1. The summed E-state index contributed by atoms with van der Waals surface area (Å²) in [7, 11) is 0. The zero-order valence-electron chi connectivity index (χ0n) is 19.9. The third kappa shape index (κ3) is 6.48. The first-order valence-corrected chi connectivity index (χ1v) is 12.0. The third-order valence-corrected chi connectivity index (χ3v) is 5.99. The van der Waals surface area contributed by atoms with Crippen LogP contribution in [0.1, 0.15) is 25.0 Å². The van der Waals surface area contributed by atoms with Gasteiger partial charge in [0, 0.05) is 18.0 Å². The van der Waals surface area contributed by atoms with Crippen LogP contribution in [0.25, 0.3) is 10.9 Å². The standard InChI is InChI=1S/C25H26ClN7O2.ClH/c1-17-13-28-23(15-27-17)32-24-20-11-18(5-6-22(20)30-16-31-24)35-25-21(26)12-19(14-29-25)34-10-4-9-33-7-2-3-8-33;/h5-6,11-16H,2-4,7-10H2,1H3,(H,28,30,31,32);1H. The molecule has 0 amide bonds. The van der Waals surface area contributed by atoms with Crippen molar-refractivity contribution in [1.82, 2.24) is 29.8 Å². The second-order valence-electron chi connectivity index (χ2n) is 8.38. The lowest BCUT2D eigenvalue weighted by atomic mass is 10.2. The Balaban J connectivity index is 0.00000304. The van der Waals surface area contributed by atoms with Crippen molar-refractivity contribution in [2.75, 3.05) is 31.6 Å². The van der Waals surface area contributed by atoms with E-state index in [4.69, 9.17) is 21.1 Å². The fourth-order valence-corrected chi connectivity index (χ4v) is 4.13. The van der Waals surface area contributed by atoms with E-state index in [1.807, 2.05) is 25.1 Å². The highest BCUT2D eigenvalue weighted by Crippen LogP contribution is 2.32. The van der Waals surface area contributed by atoms with E-state index in [2.05, 4.69) is 35.1 Å². The molecule has 5 rings (SSSR count). The van der Waals surface area contributed by atoms with E-state index < -0.39 is 0 Å². The Morgan fingerprint density at radius 3 is 2.61 bits per heavy atom. The molecule has 3 aromatic heterocycles. The molecule has 1 aliphatic rings. The van der Waals surface area contributed by atoms with Crippen molar-refractivity contribution in [1.29, 1.82) is 0 Å². The van der Waals surface area contributed by atoms with Gasteiger partial charge in [-0.2, -0.15) is 0 Å². The Bertz CT molecular complexity index is 1300. The van der Waals surface area contributed by atoms with Gasteiger partial charge in [0.2, 0.25) is 5.88 Å². The number of fused-ring (bicyclic) bond motifs is 1. The average Bonchev–Trinajstić information content (AvgIpc) is 3.39. The monoisotopic (exact) mass is 527 g/mol. The van der Waals surface area contributed by atoms with E-state index in [1.54, 1.807) is 24.7 Å². The Kier molecular flexibility index (Phi) is 8.69. The summed E-state index contributed by atoms with van der Waals surface area (Å²) in [4.78, 5) is 24.1. The van der Waals surface area contributed by atoms with Crippen molar-refractivity contribution in [3.63, 3.8) is 0 Å². The van der Waals surface area contributed by atoms with Crippen LogP contribution in [0.15, 0.2) is 49.2 Å². The summed E-state index contributed by atoms with van der Waals surface area (Å²) in [5, 5.41) is 4.32. The van der Waals surface area contributed by atoms with E-state index in [0.29, 0.717) is 40.6 Å². The molecule has 1 aromatic carbocycles. The SMILES string of the molecule is Cc1cnc(Nc2ncnc3ccc(Oc4ncc(OCCCN5CCCC5)cc4Cl)cc23)cn1.Cl. The van der Waals surface area contributed by atoms with Gasteiger partial charge in [-0.1, -0.05) is 11.6 Å². The predicted octanol–water partition coefficient (Wildman–Crippen LogP) is 5.60. The summed E-state index contributed by atoms with van der Waals surface area (Å²) in [6.07, 6.45) is 10.0. The van der Waals surface area contributed by atoms with Crippen LogP contribution >= 0.6 is 24.0 Å². The fraction of sp³-hybridized carbons (Fsp3) is 0.320. The minimum Gasteiger partial charge on any atom is -0.492 e. The first-order valence-electron chi connectivity index (χ1n) is 11.6. The lowest BCUT2D eigenvalue weighted by Crippen LogP contribution is -2.21. The minimum atomic E-state index is 0. The molecule has 4 aromatic rings. The number of benzene rings is 1. The van der Waals surface area contributed by atoms with Gasteiger partial charge >= 0.3 is 0 Å². The predicted molar refractivity (Wildman–Crippen MR) is 142 cm³/mol. The molecule has 0 radical (unpaired) electrons. The van der Waals surface area contributed by atoms with E-state index in [1.165, 1.54) is 32.3 Å². The molecule has 0 aliphatic carbocycles. The summed E-state index contributed by atoms with van der Waals surface area (Å²) >= 11 is 6.44. The van der Waals surface area contributed by atoms with Crippen LogP contribution in [0.3, 0.4) is 0 Å². The van der Waals surface area contributed by atoms with Gasteiger partial charge in [0.1, 0.15) is 34.5 Å². The lowest BCUT2D eigenvalue weighted by Gasteiger charge is -2.14. The van der Waals surface area contributed by atoms with Gasteiger partial charge in [-0.3, -0.25) is 4.98 Å². The van der Waals surface area contributed by atoms with Crippen molar-refractivity contribution < 1.29 is 9.47 Å². The molecule has 0 saturated carbocycles. The molecule has 9 nitrogen and oxygen atoms in total. The number of aryl methyl sites for hydroxylation is 1. The molecule has 1 saturated heterocycles. The Morgan fingerprint density at radius 1 is 0.972 bits per heavy atom. The maximum Gasteiger partial charge on any atom is 0.238 e. The van der Waals surface area contributed by atoms with Gasteiger partial charge in [-0.15, -0.1) is 12.4 Å². The molecular formula is C25H27Cl2N7O2. The molecule has 0 bridgehead atoms. The third-order valence-electron chi connectivity index (χ3n) is 5.72. The maximum absolute atomic E-state index is 6.44. The van der Waals surface area contributed by atoms with Gasteiger partial charge in [-0.25, -0.2) is 19.9 Å². The highest BCUT2D eigenvalue weighted by Gasteiger charge is 2.12. The summed E-state index contributed by atoms with van der Waals surface area (Å²) in [6.45, 7) is 5.95. The van der Waals surface area contributed by atoms with Crippen LogP contribution in [0.4, 0.5) is 11.6 Å². The number of nitrogens with one attached hydrogen (secondary N) is 1. The van der Waals surface area contributed by atoms with Crippen molar-refractivity contribution in [3.05, 3.63) is 59.9 Å². The minimum absolute atomic E-state index is 0. The van der Waals surface area contributed by atoms with Crippen LogP contribution in [0.5, 0.6) is 17.4 Å². The summed E-state index contributed by atoms with van der Waals surface area (Å²) in [5.74, 6) is 2.66. The maximum atomic E-state index is 6.44. The summed E-state index contributed by atoms with van der Waals surface area (Å²) in [6, 6.07) is 7.22. The van der Waals surface area contributed by atoms with Crippen LogP contribution < -0.4 is 14.8 Å². The molecule has 1 N–H and O–H groups in total. The molecule has 11 heteroatoms. The second kappa shape index (κ2) is 12.1. The van der Waals surface area contributed by atoms with Crippen LogP contribution in [-0.4, -0.2) is 56.1 Å². The van der Waals surface area contributed by atoms with Gasteiger partial charge < -0.3 is 19.7 Å². The highest BCUT2D eigenvalue weighted by atomic mass is 35.5. The Labute approximate surface area is 220 Å². The Morgan fingerprint density at radius 2 is 1.83 bits per heavy atom. The van der Waals surface area contributed by atoms with E-state index in [0.717, 1.165) is 29.6 Å². The van der Waals surface area contributed by atoms with Crippen molar-refractivity contribution in [3.8, 4) is 17.4 Å². The number of hydrogen-bond donors (Lipinski definition) is 1. The van der Waals surface area contributed by atoms with Crippen molar-refractivity contribution >= 4 is 46.5 Å². The average molecular weight is 528 g/mol. The number of ether oxygens (including phenoxy) is 2. The second-order valence-corrected chi connectivity index (χ2v) is 8.79. The highest BCUT2D eigenvalue weighted by molar-refractivity contribution is 6.32. The molecular weight excluding hydrogens is 501 g/mol. The number of anilines is 2. The van der Waals surface area contributed by atoms with E-state index in [-0.39, 0.29) is 12.4 Å².